The third-order valence-electron chi connectivity index (χ3n) is 12.7. The number of hydrogen-bond donors (Lipinski definition) is 1. The molecular weight excluding hydrogens is 813 g/mol. The Morgan fingerprint density at radius 1 is 0.839 bits per heavy atom. The summed E-state index contributed by atoms with van der Waals surface area (Å²) >= 11 is 0. The summed E-state index contributed by atoms with van der Waals surface area (Å²) in [4.78, 5) is 0. The zero-order chi connectivity index (χ0) is 46.3. The van der Waals surface area contributed by atoms with E-state index in [1.807, 2.05) is 49.4 Å². The van der Waals surface area contributed by atoms with Crippen LogP contribution in [0, 0.1) is 0 Å². The highest BCUT2D eigenvalue weighted by molar-refractivity contribution is 6.74. The highest BCUT2D eigenvalue weighted by atomic mass is 28.4. The fourth-order valence-electron chi connectivity index (χ4n) is 6.66. The molecule has 0 aromatic heterocycles. The van der Waals surface area contributed by atoms with Crippen molar-refractivity contribution >= 4 is 16.6 Å². The molecule has 0 bridgehead atoms. The maximum atomic E-state index is 11.6. The topological polar surface area (TPSA) is 94.1 Å². The highest BCUT2D eigenvalue weighted by Crippen LogP contribution is 2.39. The summed E-state index contributed by atoms with van der Waals surface area (Å²) in [5.74, 6) is 2.15. The molecule has 0 aliphatic carbocycles. The Bertz CT molecular complexity index is 1770. The Kier molecular flexibility index (Phi) is 20.9. The first-order chi connectivity index (χ1) is 29.0. The van der Waals surface area contributed by atoms with Gasteiger partial charge in [0.2, 0.25) is 0 Å². The summed E-state index contributed by atoms with van der Waals surface area (Å²) in [6, 6.07) is 13.3. The van der Waals surface area contributed by atoms with Crippen molar-refractivity contribution in [2.75, 3.05) is 34.5 Å². The van der Waals surface area contributed by atoms with Crippen molar-refractivity contribution in [1.29, 1.82) is 0 Å². The quantitative estimate of drug-likeness (QED) is 0.0816. The minimum absolute atomic E-state index is 0.00135. The van der Waals surface area contributed by atoms with Crippen LogP contribution in [-0.2, 0) is 36.3 Å². The highest BCUT2D eigenvalue weighted by Gasteiger charge is 2.39. The summed E-state index contributed by atoms with van der Waals surface area (Å²) in [7, 11) is 1.02. The molecular formula is C51H82O9Si2. The number of methoxy groups -OCH3 is 3. The SMILES string of the molecule is C=C1C[C@@H](C/C=C/[C@@H](C/C(C)=C\CO[Si](C)(C)C(C)(C)C)O[Si](C)(C)C(C)(C)C)O[C@@H](/C=C(\C)C[C@@H](O)[C@@H](COCc2ccc(OC)cc2OC)OCc2ccc(OC)cc2)C1. The van der Waals surface area contributed by atoms with Crippen LogP contribution in [0.3, 0.4) is 0 Å². The van der Waals surface area contributed by atoms with E-state index in [2.05, 4.69) is 106 Å². The second-order valence-electron chi connectivity index (χ2n) is 20.0. The van der Waals surface area contributed by atoms with Crippen molar-refractivity contribution < 1.29 is 42.4 Å². The minimum Gasteiger partial charge on any atom is -0.497 e. The van der Waals surface area contributed by atoms with Crippen LogP contribution in [-0.4, -0.2) is 86.8 Å². The molecule has 1 N–H and O–H groups in total. The van der Waals surface area contributed by atoms with Gasteiger partial charge >= 0.3 is 0 Å². The van der Waals surface area contributed by atoms with Gasteiger partial charge in [0.1, 0.15) is 23.4 Å². The molecule has 0 amide bonds. The van der Waals surface area contributed by atoms with Crippen molar-refractivity contribution in [3.05, 3.63) is 101 Å². The fourth-order valence-corrected chi connectivity index (χ4v) is 8.87. The van der Waals surface area contributed by atoms with Crippen molar-refractivity contribution in [3.8, 4) is 17.2 Å². The van der Waals surface area contributed by atoms with Gasteiger partial charge in [-0.05, 0) is 112 Å². The third kappa shape index (κ3) is 17.5. The largest absolute Gasteiger partial charge is 0.497 e. The lowest BCUT2D eigenvalue weighted by Crippen LogP contribution is -2.43. The number of ether oxygens (including phenoxy) is 6. The molecule has 0 unspecified atom stereocenters. The van der Waals surface area contributed by atoms with Crippen molar-refractivity contribution in [2.24, 2.45) is 0 Å². The number of rotatable bonds is 24. The first-order valence-corrected chi connectivity index (χ1v) is 28.1. The molecule has 9 nitrogen and oxygen atoms in total. The maximum absolute atomic E-state index is 11.6. The monoisotopic (exact) mass is 895 g/mol. The average Bonchev–Trinajstić information content (AvgIpc) is 3.17. The van der Waals surface area contributed by atoms with Crippen LogP contribution in [0.5, 0.6) is 17.2 Å². The van der Waals surface area contributed by atoms with Gasteiger partial charge in [0.05, 0.1) is 72.2 Å². The molecule has 1 fully saturated rings. The molecule has 5 atom stereocenters. The van der Waals surface area contributed by atoms with Crippen LogP contribution in [0.4, 0.5) is 0 Å². The standard InChI is InChI=1S/C51H82O9Si2/c1-37(26-27-58-61(13,14)50(4,5)6)28-45(60-62(15,16)51(7,8)9)19-17-18-44-29-38(2)30-46(59-44)31-39(3)32-47(52)49(57-34-40-20-23-42(53-10)24-21-40)36-56-35-41-22-25-43(54-11)33-48(41)55-12/h17,19-26,31,33,44-47,49,52H,2,18,27-30,32,34-36H2,1,3-16H3/b19-17+,37-26-,39-31+/t44-,45+,46-,47-,49-/m1/s1. The van der Waals surface area contributed by atoms with E-state index in [-0.39, 0.29) is 41.6 Å². The van der Waals surface area contributed by atoms with E-state index >= 15 is 0 Å². The van der Waals surface area contributed by atoms with E-state index in [4.69, 9.17) is 37.3 Å². The molecule has 62 heavy (non-hydrogen) atoms. The van der Waals surface area contributed by atoms with Crippen LogP contribution < -0.4 is 14.2 Å². The van der Waals surface area contributed by atoms with Gasteiger partial charge < -0.3 is 42.4 Å². The summed E-state index contributed by atoms with van der Waals surface area (Å²) < 4.78 is 48.9. The van der Waals surface area contributed by atoms with Gasteiger partial charge in [-0.25, -0.2) is 0 Å². The van der Waals surface area contributed by atoms with E-state index in [0.717, 1.165) is 48.1 Å². The van der Waals surface area contributed by atoms with Crippen molar-refractivity contribution in [3.63, 3.8) is 0 Å². The Morgan fingerprint density at radius 3 is 2.10 bits per heavy atom. The molecule has 1 aliphatic heterocycles. The molecule has 0 radical (unpaired) electrons. The summed E-state index contributed by atoms with van der Waals surface area (Å²) in [5, 5.41) is 11.9. The first-order valence-electron chi connectivity index (χ1n) is 22.3. The zero-order valence-corrected chi connectivity index (χ0v) is 43.0. The molecule has 0 spiro atoms. The minimum atomic E-state index is -2.04. The molecule has 1 saturated heterocycles. The van der Waals surface area contributed by atoms with E-state index < -0.39 is 28.8 Å². The third-order valence-corrected chi connectivity index (χ3v) is 21.7. The average molecular weight is 895 g/mol. The Morgan fingerprint density at radius 2 is 1.48 bits per heavy atom. The number of benzene rings is 2. The maximum Gasteiger partial charge on any atom is 0.192 e. The summed E-state index contributed by atoms with van der Waals surface area (Å²) in [6.07, 6.45) is 10.8. The summed E-state index contributed by atoms with van der Waals surface area (Å²) in [6.45, 7) is 33.0. The number of hydrogen-bond acceptors (Lipinski definition) is 9. The Balaban J connectivity index is 1.69. The normalized spacial score (nSPS) is 18.8. The van der Waals surface area contributed by atoms with Gasteiger partial charge in [0, 0.05) is 11.6 Å². The number of aliphatic hydroxyl groups is 1. The lowest BCUT2D eigenvalue weighted by atomic mass is 9.95. The lowest BCUT2D eigenvalue weighted by molar-refractivity contribution is -0.0888. The first kappa shape index (κ1) is 53.3. The van der Waals surface area contributed by atoms with Gasteiger partial charge in [-0.15, -0.1) is 0 Å². The molecule has 3 rings (SSSR count). The van der Waals surface area contributed by atoms with Crippen LogP contribution in [0.25, 0.3) is 0 Å². The van der Waals surface area contributed by atoms with Crippen LogP contribution in [0.15, 0.2) is 90.1 Å². The van der Waals surface area contributed by atoms with Crippen molar-refractivity contribution in [2.45, 2.75) is 167 Å². The second-order valence-corrected chi connectivity index (χ2v) is 29.6. The van der Waals surface area contributed by atoms with E-state index in [9.17, 15) is 5.11 Å². The lowest BCUT2D eigenvalue weighted by Gasteiger charge is -2.39. The molecule has 0 saturated carbocycles. The van der Waals surface area contributed by atoms with E-state index in [1.54, 1.807) is 21.3 Å². The molecule has 1 heterocycles. The van der Waals surface area contributed by atoms with Gasteiger partial charge in [-0.3, -0.25) is 0 Å². The van der Waals surface area contributed by atoms with Gasteiger partial charge in [0.25, 0.3) is 0 Å². The molecule has 348 valence electrons. The van der Waals surface area contributed by atoms with Gasteiger partial charge in [-0.1, -0.05) is 101 Å². The van der Waals surface area contributed by atoms with Gasteiger partial charge in [-0.2, -0.15) is 0 Å². The predicted molar refractivity (Wildman–Crippen MR) is 260 cm³/mol. The van der Waals surface area contributed by atoms with Crippen molar-refractivity contribution in [1.82, 2.24) is 0 Å². The fraction of sp³-hybridized carbons (Fsp3) is 0.608. The number of aliphatic hydroxyl groups excluding tert-OH is 1. The predicted octanol–water partition coefficient (Wildman–Crippen LogP) is 12.3. The summed E-state index contributed by atoms with van der Waals surface area (Å²) in [5.41, 5.74) is 5.31. The van der Waals surface area contributed by atoms with E-state index in [1.165, 1.54) is 11.1 Å². The molecule has 2 aromatic rings. The second kappa shape index (κ2) is 24.3. The Hall–Kier alpha value is -3.01. The Labute approximate surface area is 378 Å². The van der Waals surface area contributed by atoms with Gasteiger partial charge in [0.15, 0.2) is 16.6 Å². The smallest absolute Gasteiger partial charge is 0.192 e. The van der Waals surface area contributed by atoms with E-state index in [0.29, 0.717) is 31.1 Å². The molecule has 1 aliphatic rings. The zero-order valence-electron chi connectivity index (χ0n) is 41.0. The molecule has 11 heteroatoms. The van der Waals surface area contributed by atoms with Crippen LogP contribution in [0.1, 0.15) is 98.6 Å². The molecule has 2 aromatic carbocycles. The van der Waals surface area contributed by atoms with Crippen LogP contribution >= 0.6 is 0 Å². The van der Waals surface area contributed by atoms with Crippen LogP contribution in [0.2, 0.25) is 36.3 Å².